The first kappa shape index (κ1) is 13.5. The molecule has 1 aromatic carbocycles. The van der Waals surface area contributed by atoms with Gasteiger partial charge in [-0.15, -0.1) is 0 Å². The van der Waals surface area contributed by atoms with Crippen molar-refractivity contribution in [1.82, 2.24) is 9.97 Å². The van der Waals surface area contributed by atoms with Crippen LogP contribution >= 0.6 is 0 Å². The van der Waals surface area contributed by atoms with Crippen LogP contribution in [0.3, 0.4) is 0 Å². The molecule has 0 amide bonds. The predicted octanol–water partition coefficient (Wildman–Crippen LogP) is 2.61. The Balaban J connectivity index is 1.99. The number of nitrogens with zero attached hydrogens (tertiary/aromatic N) is 2. The quantitative estimate of drug-likeness (QED) is 0.866. The van der Waals surface area contributed by atoms with E-state index in [1.807, 2.05) is 7.05 Å². The Morgan fingerprint density at radius 1 is 1.16 bits per heavy atom. The molecule has 19 heavy (non-hydrogen) atoms. The number of rotatable bonds is 5. The van der Waals surface area contributed by atoms with E-state index in [0.29, 0.717) is 0 Å². The van der Waals surface area contributed by atoms with Gasteiger partial charge in [-0.05, 0) is 37.5 Å². The zero-order valence-electron chi connectivity index (χ0n) is 12.1. The largest absolute Gasteiger partial charge is 0.378 e. The van der Waals surface area contributed by atoms with Crippen molar-refractivity contribution in [2.75, 3.05) is 31.4 Å². The summed E-state index contributed by atoms with van der Waals surface area (Å²) < 4.78 is 0. The van der Waals surface area contributed by atoms with E-state index in [-0.39, 0.29) is 0 Å². The second-order valence-electron chi connectivity index (χ2n) is 4.97. The molecule has 0 saturated carbocycles. The zero-order chi connectivity index (χ0) is 13.8. The van der Waals surface area contributed by atoms with Gasteiger partial charge in [-0.2, -0.15) is 0 Å². The van der Waals surface area contributed by atoms with Gasteiger partial charge in [-0.25, -0.2) is 4.98 Å². The fraction of sp³-hybridized carbons (Fsp3) is 0.400. The summed E-state index contributed by atoms with van der Waals surface area (Å²) in [6.45, 7) is 2.07. The maximum absolute atomic E-state index is 4.51. The van der Waals surface area contributed by atoms with E-state index >= 15 is 0 Å². The van der Waals surface area contributed by atoms with E-state index < -0.39 is 0 Å². The molecule has 1 aromatic heterocycles. The van der Waals surface area contributed by atoms with Gasteiger partial charge in [0.15, 0.2) is 5.95 Å². The number of imidazole rings is 1. The highest BCUT2D eigenvalue weighted by Crippen LogP contribution is 2.15. The molecule has 0 aliphatic carbocycles. The first-order valence-corrected chi connectivity index (χ1v) is 6.59. The molecule has 0 saturated heterocycles. The Labute approximate surface area is 114 Å². The van der Waals surface area contributed by atoms with Crippen molar-refractivity contribution < 1.29 is 0 Å². The Bertz CT molecular complexity index is 526. The first-order valence-electron chi connectivity index (χ1n) is 6.59. The number of aromatic amines is 1. The maximum Gasteiger partial charge on any atom is 0.200 e. The number of hydrogen-bond acceptors (Lipinski definition) is 3. The third kappa shape index (κ3) is 3.28. The van der Waals surface area contributed by atoms with Crippen molar-refractivity contribution in [2.45, 2.75) is 19.8 Å². The standard InChI is InChI=1S/C15H22N4/c1-11-14(18-15(16-2)17-11)10-7-12-5-8-13(9-6-12)19(3)4/h5-6,8-9H,7,10H2,1-4H3,(H2,16,17,18). The van der Waals surface area contributed by atoms with Crippen molar-refractivity contribution in [3.05, 3.63) is 41.2 Å². The smallest absolute Gasteiger partial charge is 0.200 e. The molecule has 0 radical (unpaired) electrons. The minimum absolute atomic E-state index is 0.843. The Morgan fingerprint density at radius 3 is 2.37 bits per heavy atom. The van der Waals surface area contributed by atoms with Crippen LogP contribution in [0.25, 0.3) is 0 Å². The molecule has 4 nitrogen and oxygen atoms in total. The monoisotopic (exact) mass is 258 g/mol. The zero-order valence-corrected chi connectivity index (χ0v) is 12.1. The topological polar surface area (TPSA) is 44.0 Å². The number of benzene rings is 1. The Hall–Kier alpha value is -1.97. The normalized spacial score (nSPS) is 10.5. The van der Waals surface area contributed by atoms with Crippen LogP contribution in [0, 0.1) is 6.92 Å². The lowest BCUT2D eigenvalue weighted by atomic mass is 10.1. The fourth-order valence-electron chi connectivity index (χ4n) is 2.08. The summed E-state index contributed by atoms with van der Waals surface area (Å²) in [5.41, 5.74) is 4.87. The summed E-state index contributed by atoms with van der Waals surface area (Å²) >= 11 is 0. The minimum atomic E-state index is 0.843. The van der Waals surface area contributed by atoms with Crippen molar-refractivity contribution in [2.24, 2.45) is 0 Å². The Morgan fingerprint density at radius 2 is 1.84 bits per heavy atom. The van der Waals surface area contributed by atoms with Gasteiger partial charge in [0.25, 0.3) is 0 Å². The maximum atomic E-state index is 4.51. The third-order valence-corrected chi connectivity index (χ3v) is 3.33. The van der Waals surface area contributed by atoms with Crippen LogP contribution in [0.5, 0.6) is 0 Å². The minimum Gasteiger partial charge on any atom is -0.378 e. The molecule has 4 heteroatoms. The van der Waals surface area contributed by atoms with E-state index in [9.17, 15) is 0 Å². The summed E-state index contributed by atoms with van der Waals surface area (Å²) in [4.78, 5) is 9.85. The summed E-state index contributed by atoms with van der Waals surface area (Å²) in [6, 6.07) is 8.70. The van der Waals surface area contributed by atoms with Crippen LogP contribution in [0.2, 0.25) is 0 Å². The molecule has 2 N–H and O–H groups in total. The summed E-state index contributed by atoms with van der Waals surface area (Å²) in [5, 5.41) is 3.03. The highest BCUT2D eigenvalue weighted by atomic mass is 15.1. The average Bonchev–Trinajstić information content (AvgIpc) is 2.77. The molecule has 0 aliphatic rings. The van der Waals surface area contributed by atoms with E-state index in [1.165, 1.54) is 11.3 Å². The van der Waals surface area contributed by atoms with Gasteiger partial charge in [0.1, 0.15) is 0 Å². The number of H-pyrrole nitrogens is 1. The highest BCUT2D eigenvalue weighted by molar-refractivity contribution is 5.46. The lowest BCUT2D eigenvalue weighted by molar-refractivity contribution is 0.913. The molecule has 0 unspecified atom stereocenters. The molecule has 1 heterocycles. The molecule has 0 aliphatic heterocycles. The molecule has 0 spiro atoms. The van der Waals surface area contributed by atoms with Gasteiger partial charge in [0.2, 0.25) is 0 Å². The number of anilines is 2. The van der Waals surface area contributed by atoms with Gasteiger partial charge < -0.3 is 15.2 Å². The summed E-state index contributed by atoms with van der Waals surface area (Å²) in [5.74, 6) is 0.843. The predicted molar refractivity (Wildman–Crippen MR) is 81.0 cm³/mol. The molecular formula is C15H22N4. The van der Waals surface area contributed by atoms with Gasteiger partial charge in [0.05, 0.1) is 5.69 Å². The van der Waals surface area contributed by atoms with Crippen LogP contribution in [0.1, 0.15) is 17.0 Å². The van der Waals surface area contributed by atoms with Gasteiger partial charge >= 0.3 is 0 Å². The Kier molecular flexibility index (Phi) is 4.10. The van der Waals surface area contributed by atoms with Gasteiger partial charge in [-0.3, -0.25) is 0 Å². The summed E-state index contributed by atoms with van der Waals surface area (Å²) in [7, 11) is 5.99. The van der Waals surface area contributed by atoms with Crippen molar-refractivity contribution in [3.63, 3.8) is 0 Å². The first-order chi connectivity index (χ1) is 9.10. The highest BCUT2D eigenvalue weighted by Gasteiger charge is 2.06. The van der Waals surface area contributed by atoms with Crippen LogP contribution in [0.4, 0.5) is 11.6 Å². The average molecular weight is 258 g/mol. The van der Waals surface area contributed by atoms with Crippen LogP contribution in [0.15, 0.2) is 24.3 Å². The number of nitrogens with one attached hydrogen (secondary N) is 2. The third-order valence-electron chi connectivity index (χ3n) is 3.33. The van der Waals surface area contributed by atoms with Crippen LogP contribution in [-0.4, -0.2) is 31.1 Å². The van der Waals surface area contributed by atoms with Crippen molar-refractivity contribution in [3.8, 4) is 0 Å². The number of aryl methyl sites for hydroxylation is 3. The summed E-state index contributed by atoms with van der Waals surface area (Å²) in [6.07, 6.45) is 1.98. The van der Waals surface area contributed by atoms with Crippen LogP contribution < -0.4 is 10.2 Å². The van der Waals surface area contributed by atoms with Gasteiger partial charge in [-0.1, -0.05) is 12.1 Å². The molecular weight excluding hydrogens is 236 g/mol. The molecule has 0 bridgehead atoms. The van der Waals surface area contributed by atoms with E-state index in [1.54, 1.807) is 0 Å². The second-order valence-corrected chi connectivity index (χ2v) is 4.97. The SMILES string of the molecule is CNc1nc(CCc2ccc(N(C)C)cc2)c(C)[nH]1. The number of aromatic nitrogens is 2. The van der Waals surface area contributed by atoms with Crippen molar-refractivity contribution >= 4 is 11.6 Å². The molecule has 2 rings (SSSR count). The molecule has 0 atom stereocenters. The molecule has 2 aromatic rings. The van der Waals surface area contributed by atoms with E-state index in [2.05, 4.69) is 65.5 Å². The fourth-order valence-corrected chi connectivity index (χ4v) is 2.08. The lowest BCUT2D eigenvalue weighted by Gasteiger charge is -2.12. The second kappa shape index (κ2) is 5.78. The molecule has 102 valence electrons. The van der Waals surface area contributed by atoms with E-state index in [0.717, 1.165) is 30.2 Å². The van der Waals surface area contributed by atoms with Crippen LogP contribution in [-0.2, 0) is 12.8 Å². The lowest BCUT2D eigenvalue weighted by Crippen LogP contribution is -2.08. The number of hydrogen-bond donors (Lipinski definition) is 2. The van der Waals surface area contributed by atoms with Crippen molar-refractivity contribution in [1.29, 1.82) is 0 Å². The van der Waals surface area contributed by atoms with E-state index in [4.69, 9.17) is 0 Å². The van der Waals surface area contributed by atoms with Gasteiger partial charge in [0, 0.05) is 32.5 Å². The molecule has 0 fully saturated rings.